The second kappa shape index (κ2) is 8.08. The van der Waals surface area contributed by atoms with Crippen LogP contribution in [0.4, 0.5) is 8.78 Å². The van der Waals surface area contributed by atoms with Gasteiger partial charge in [-0.3, -0.25) is 4.79 Å². The highest BCUT2D eigenvalue weighted by molar-refractivity contribution is 5.94. The first kappa shape index (κ1) is 15.9. The van der Waals surface area contributed by atoms with Crippen molar-refractivity contribution >= 4 is 5.91 Å². The number of carbonyl (C=O) groups excluding carboxylic acids is 1. The van der Waals surface area contributed by atoms with E-state index >= 15 is 0 Å². The van der Waals surface area contributed by atoms with Gasteiger partial charge >= 0.3 is 0 Å². The molecule has 0 unspecified atom stereocenters. The van der Waals surface area contributed by atoms with Gasteiger partial charge < -0.3 is 10.1 Å². The maximum absolute atomic E-state index is 13.0. The van der Waals surface area contributed by atoms with Crippen LogP contribution in [0.1, 0.15) is 48.9 Å². The monoisotopic (exact) mass is 297 g/mol. The molecule has 5 heteroatoms. The molecule has 1 amide bonds. The van der Waals surface area contributed by atoms with Crippen LogP contribution >= 0.6 is 0 Å². The molecule has 0 aromatic heterocycles. The molecule has 116 valence electrons. The van der Waals surface area contributed by atoms with Gasteiger partial charge in [0.15, 0.2) is 11.6 Å². The van der Waals surface area contributed by atoms with Crippen molar-refractivity contribution in [1.82, 2.24) is 5.32 Å². The van der Waals surface area contributed by atoms with E-state index in [9.17, 15) is 13.6 Å². The van der Waals surface area contributed by atoms with Crippen LogP contribution in [-0.4, -0.2) is 25.2 Å². The molecule has 21 heavy (non-hydrogen) atoms. The van der Waals surface area contributed by atoms with Crippen LogP contribution in [-0.2, 0) is 4.74 Å². The molecule has 1 aromatic carbocycles. The summed E-state index contributed by atoms with van der Waals surface area (Å²) in [5, 5.41) is 2.68. The van der Waals surface area contributed by atoms with Gasteiger partial charge in [-0.25, -0.2) is 8.78 Å². The van der Waals surface area contributed by atoms with E-state index in [1.54, 1.807) is 0 Å². The largest absolute Gasteiger partial charge is 0.378 e. The summed E-state index contributed by atoms with van der Waals surface area (Å²) in [7, 11) is 0. The summed E-state index contributed by atoms with van der Waals surface area (Å²) in [6.45, 7) is 1.08. The fraction of sp³-hybridized carbons (Fsp3) is 0.562. The number of benzene rings is 1. The zero-order valence-corrected chi connectivity index (χ0v) is 12.0. The molecular formula is C16H21F2NO2. The number of amides is 1. The minimum Gasteiger partial charge on any atom is -0.378 e. The lowest BCUT2D eigenvalue weighted by molar-refractivity contribution is 0.0273. The highest BCUT2D eigenvalue weighted by Gasteiger charge is 2.13. The fourth-order valence-electron chi connectivity index (χ4n) is 2.50. The summed E-state index contributed by atoms with van der Waals surface area (Å²) in [6, 6.07) is 3.13. The zero-order valence-electron chi connectivity index (χ0n) is 12.0. The summed E-state index contributed by atoms with van der Waals surface area (Å²) in [4.78, 5) is 11.7. The number of ether oxygens (including phenoxy) is 1. The number of halogens is 2. The summed E-state index contributed by atoms with van der Waals surface area (Å²) < 4.78 is 31.5. The van der Waals surface area contributed by atoms with Crippen molar-refractivity contribution in [3.8, 4) is 0 Å². The number of hydrogen-bond donors (Lipinski definition) is 1. The Bertz CT molecular complexity index is 473. The molecule has 0 aliphatic heterocycles. The zero-order chi connectivity index (χ0) is 15.1. The van der Waals surface area contributed by atoms with Crippen molar-refractivity contribution in [1.29, 1.82) is 0 Å². The Labute approximate surface area is 123 Å². The van der Waals surface area contributed by atoms with Gasteiger partial charge in [-0.2, -0.15) is 0 Å². The predicted molar refractivity (Wildman–Crippen MR) is 76.1 cm³/mol. The highest BCUT2D eigenvalue weighted by atomic mass is 19.2. The lowest BCUT2D eigenvalue weighted by Gasteiger charge is -2.21. The van der Waals surface area contributed by atoms with Crippen LogP contribution in [0.3, 0.4) is 0 Å². The minimum atomic E-state index is -1.01. The minimum absolute atomic E-state index is 0.127. The fourth-order valence-corrected chi connectivity index (χ4v) is 2.50. The maximum Gasteiger partial charge on any atom is 0.251 e. The van der Waals surface area contributed by atoms with Crippen LogP contribution in [0.5, 0.6) is 0 Å². The Morgan fingerprint density at radius 3 is 2.67 bits per heavy atom. The van der Waals surface area contributed by atoms with Gasteiger partial charge in [0.1, 0.15) is 0 Å². The van der Waals surface area contributed by atoms with E-state index in [0.29, 0.717) is 25.7 Å². The smallest absolute Gasteiger partial charge is 0.251 e. The van der Waals surface area contributed by atoms with E-state index < -0.39 is 17.5 Å². The molecule has 0 heterocycles. The van der Waals surface area contributed by atoms with Crippen LogP contribution in [0.25, 0.3) is 0 Å². The van der Waals surface area contributed by atoms with Gasteiger partial charge in [-0.15, -0.1) is 0 Å². The molecule has 0 saturated heterocycles. The van der Waals surface area contributed by atoms with Gasteiger partial charge in [-0.05, 0) is 37.5 Å². The number of nitrogens with one attached hydrogen (secondary N) is 1. The van der Waals surface area contributed by atoms with E-state index in [1.165, 1.54) is 25.3 Å². The van der Waals surface area contributed by atoms with E-state index in [2.05, 4.69) is 5.32 Å². The van der Waals surface area contributed by atoms with Gasteiger partial charge in [0, 0.05) is 18.7 Å². The molecule has 0 spiro atoms. The highest BCUT2D eigenvalue weighted by Crippen LogP contribution is 2.20. The number of carbonyl (C=O) groups is 1. The third kappa shape index (κ3) is 5.08. The quantitative estimate of drug-likeness (QED) is 0.817. The van der Waals surface area contributed by atoms with Crippen molar-refractivity contribution in [2.24, 2.45) is 0 Å². The van der Waals surface area contributed by atoms with E-state index in [-0.39, 0.29) is 5.56 Å². The van der Waals surface area contributed by atoms with Gasteiger partial charge in [-0.1, -0.05) is 19.3 Å². The molecule has 2 rings (SSSR count). The Morgan fingerprint density at radius 2 is 1.95 bits per heavy atom. The molecule has 0 bridgehead atoms. The first-order valence-corrected chi connectivity index (χ1v) is 7.51. The average molecular weight is 297 g/mol. The normalized spacial score (nSPS) is 15.9. The van der Waals surface area contributed by atoms with Crippen LogP contribution < -0.4 is 5.32 Å². The van der Waals surface area contributed by atoms with Crippen molar-refractivity contribution in [2.45, 2.75) is 44.6 Å². The van der Waals surface area contributed by atoms with Crippen LogP contribution in [0, 0.1) is 11.6 Å². The first-order valence-electron chi connectivity index (χ1n) is 7.51. The molecule has 1 aliphatic rings. The average Bonchev–Trinajstić information content (AvgIpc) is 2.50. The van der Waals surface area contributed by atoms with Gasteiger partial charge in [0.05, 0.1) is 6.10 Å². The second-order valence-corrected chi connectivity index (χ2v) is 5.37. The van der Waals surface area contributed by atoms with Crippen molar-refractivity contribution in [2.75, 3.05) is 13.2 Å². The lowest BCUT2D eigenvalue weighted by atomic mass is 9.98. The summed E-state index contributed by atoms with van der Waals surface area (Å²) in [5.74, 6) is -2.36. The molecule has 0 radical (unpaired) electrons. The standard InChI is InChI=1S/C16H21F2NO2/c17-14-8-7-12(11-15(14)18)16(20)19-9-4-10-21-13-5-2-1-3-6-13/h7-8,11,13H,1-6,9-10H2,(H,19,20). The predicted octanol–water partition coefficient (Wildman–Crippen LogP) is 3.43. The molecule has 3 nitrogen and oxygen atoms in total. The van der Waals surface area contributed by atoms with Crippen molar-refractivity contribution in [3.63, 3.8) is 0 Å². The lowest BCUT2D eigenvalue weighted by Crippen LogP contribution is -2.26. The summed E-state index contributed by atoms with van der Waals surface area (Å²) >= 11 is 0. The Balaban J connectivity index is 1.63. The molecule has 1 N–H and O–H groups in total. The Hall–Kier alpha value is -1.49. The van der Waals surface area contributed by atoms with E-state index in [1.807, 2.05) is 0 Å². The van der Waals surface area contributed by atoms with Crippen LogP contribution in [0.15, 0.2) is 18.2 Å². The van der Waals surface area contributed by atoms with E-state index in [0.717, 1.165) is 25.0 Å². The van der Waals surface area contributed by atoms with Crippen molar-refractivity contribution in [3.05, 3.63) is 35.4 Å². The van der Waals surface area contributed by atoms with Crippen molar-refractivity contribution < 1.29 is 18.3 Å². The summed E-state index contributed by atoms with van der Waals surface area (Å²) in [5.41, 5.74) is 0.127. The van der Waals surface area contributed by atoms with Crippen LogP contribution in [0.2, 0.25) is 0 Å². The van der Waals surface area contributed by atoms with Gasteiger partial charge in [0.2, 0.25) is 0 Å². The molecule has 1 saturated carbocycles. The molecule has 1 aliphatic carbocycles. The SMILES string of the molecule is O=C(NCCCOC1CCCCC1)c1ccc(F)c(F)c1. The summed E-state index contributed by atoms with van der Waals surface area (Å²) in [6.07, 6.45) is 7.09. The second-order valence-electron chi connectivity index (χ2n) is 5.37. The molecule has 0 atom stereocenters. The third-order valence-corrected chi connectivity index (χ3v) is 3.69. The Morgan fingerprint density at radius 1 is 1.19 bits per heavy atom. The maximum atomic E-state index is 13.0. The van der Waals surface area contributed by atoms with Gasteiger partial charge in [0.25, 0.3) is 5.91 Å². The topological polar surface area (TPSA) is 38.3 Å². The first-order chi connectivity index (χ1) is 10.2. The molecule has 1 aromatic rings. The number of rotatable bonds is 6. The Kier molecular flexibility index (Phi) is 6.11. The van der Waals surface area contributed by atoms with E-state index in [4.69, 9.17) is 4.74 Å². The molecular weight excluding hydrogens is 276 g/mol. The third-order valence-electron chi connectivity index (χ3n) is 3.69. The molecule has 1 fully saturated rings. The number of hydrogen-bond acceptors (Lipinski definition) is 2.